The Morgan fingerprint density at radius 1 is 1.33 bits per heavy atom. The molecule has 2 rings (SSSR count). The molecule has 1 heterocycles. The standard InChI is InChI=1S/C10H19NO/c1-7-6-12-5-4-9(7)10(11)8-2-3-8/h7-10H,2-6,11H2,1H3. The van der Waals surface area contributed by atoms with Crippen LogP contribution in [-0.4, -0.2) is 19.3 Å². The molecule has 70 valence electrons. The Kier molecular flexibility index (Phi) is 2.37. The van der Waals surface area contributed by atoms with Crippen LogP contribution in [0.2, 0.25) is 0 Å². The fraction of sp³-hybridized carbons (Fsp3) is 1.00. The summed E-state index contributed by atoms with van der Waals surface area (Å²) in [7, 11) is 0. The van der Waals surface area contributed by atoms with Crippen LogP contribution in [0.25, 0.3) is 0 Å². The van der Waals surface area contributed by atoms with E-state index < -0.39 is 0 Å². The summed E-state index contributed by atoms with van der Waals surface area (Å²) < 4.78 is 5.41. The fourth-order valence-corrected chi connectivity index (χ4v) is 2.30. The van der Waals surface area contributed by atoms with Crippen LogP contribution in [-0.2, 0) is 4.74 Å². The van der Waals surface area contributed by atoms with Gasteiger partial charge in [0.15, 0.2) is 0 Å². The first-order chi connectivity index (χ1) is 5.79. The van der Waals surface area contributed by atoms with Crippen LogP contribution >= 0.6 is 0 Å². The third-order valence-corrected chi connectivity index (χ3v) is 3.37. The van der Waals surface area contributed by atoms with Gasteiger partial charge in [0.1, 0.15) is 0 Å². The van der Waals surface area contributed by atoms with Crippen LogP contribution in [0.4, 0.5) is 0 Å². The SMILES string of the molecule is CC1COCCC1C(N)C1CC1. The highest BCUT2D eigenvalue weighted by atomic mass is 16.5. The zero-order valence-corrected chi connectivity index (χ0v) is 7.83. The van der Waals surface area contributed by atoms with Crippen molar-refractivity contribution in [2.45, 2.75) is 32.2 Å². The quantitative estimate of drug-likeness (QED) is 0.678. The van der Waals surface area contributed by atoms with Gasteiger partial charge in [-0.15, -0.1) is 0 Å². The third kappa shape index (κ3) is 1.64. The maximum Gasteiger partial charge on any atom is 0.0494 e. The van der Waals surface area contributed by atoms with Gasteiger partial charge in [0, 0.05) is 19.3 Å². The summed E-state index contributed by atoms with van der Waals surface area (Å²) in [5.41, 5.74) is 6.19. The molecule has 1 saturated carbocycles. The fourth-order valence-electron chi connectivity index (χ4n) is 2.30. The predicted molar refractivity (Wildman–Crippen MR) is 48.8 cm³/mol. The number of nitrogens with two attached hydrogens (primary N) is 1. The highest BCUT2D eigenvalue weighted by Crippen LogP contribution is 2.38. The van der Waals surface area contributed by atoms with Gasteiger partial charge < -0.3 is 10.5 Å². The van der Waals surface area contributed by atoms with Gasteiger partial charge in [-0.3, -0.25) is 0 Å². The minimum atomic E-state index is 0.462. The van der Waals surface area contributed by atoms with E-state index in [1.54, 1.807) is 0 Å². The smallest absolute Gasteiger partial charge is 0.0494 e. The topological polar surface area (TPSA) is 35.2 Å². The molecule has 3 unspecified atom stereocenters. The lowest BCUT2D eigenvalue weighted by Crippen LogP contribution is -2.40. The molecule has 2 fully saturated rings. The molecule has 0 aromatic heterocycles. The molecule has 2 aliphatic rings. The van der Waals surface area contributed by atoms with Gasteiger partial charge in [-0.1, -0.05) is 6.92 Å². The number of hydrogen-bond acceptors (Lipinski definition) is 2. The van der Waals surface area contributed by atoms with Crippen molar-refractivity contribution in [2.75, 3.05) is 13.2 Å². The van der Waals surface area contributed by atoms with Gasteiger partial charge in [0.05, 0.1) is 0 Å². The van der Waals surface area contributed by atoms with E-state index in [9.17, 15) is 0 Å². The summed E-state index contributed by atoms with van der Waals surface area (Å²) in [6.45, 7) is 4.12. The van der Waals surface area contributed by atoms with Gasteiger partial charge in [-0.25, -0.2) is 0 Å². The number of hydrogen-bond donors (Lipinski definition) is 1. The second kappa shape index (κ2) is 3.35. The molecular formula is C10H19NO. The van der Waals surface area contributed by atoms with Crippen LogP contribution in [0.1, 0.15) is 26.2 Å². The van der Waals surface area contributed by atoms with E-state index in [-0.39, 0.29) is 0 Å². The summed E-state index contributed by atoms with van der Waals surface area (Å²) >= 11 is 0. The van der Waals surface area contributed by atoms with Crippen molar-refractivity contribution >= 4 is 0 Å². The Hall–Kier alpha value is -0.0800. The van der Waals surface area contributed by atoms with Crippen molar-refractivity contribution in [2.24, 2.45) is 23.5 Å². The first kappa shape index (κ1) is 8.52. The molecule has 1 aliphatic heterocycles. The molecule has 0 aromatic rings. The Labute approximate surface area is 74.5 Å². The number of rotatable bonds is 2. The number of ether oxygens (including phenoxy) is 1. The molecule has 0 spiro atoms. The predicted octanol–water partition coefficient (Wildman–Crippen LogP) is 1.40. The molecule has 0 amide bonds. The molecule has 1 saturated heterocycles. The molecule has 0 bridgehead atoms. The van der Waals surface area contributed by atoms with E-state index in [1.807, 2.05) is 0 Å². The van der Waals surface area contributed by atoms with Gasteiger partial charge in [-0.05, 0) is 37.0 Å². The Morgan fingerprint density at radius 2 is 2.08 bits per heavy atom. The average Bonchev–Trinajstić information content (AvgIpc) is 2.86. The highest BCUT2D eigenvalue weighted by Gasteiger charge is 2.37. The largest absolute Gasteiger partial charge is 0.381 e. The summed E-state index contributed by atoms with van der Waals surface area (Å²) in [4.78, 5) is 0. The first-order valence-corrected chi connectivity index (χ1v) is 5.12. The molecular weight excluding hydrogens is 150 g/mol. The molecule has 0 aromatic carbocycles. The van der Waals surface area contributed by atoms with Crippen molar-refractivity contribution in [1.29, 1.82) is 0 Å². The molecule has 0 radical (unpaired) electrons. The Bertz CT molecular complexity index is 156. The monoisotopic (exact) mass is 169 g/mol. The first-order valence-electron chi connectivity index (χ1n) is 5.12. The van der Waals surface area contributed by atoms with E-state index in [1.165, 1.54) is 19.3 Å². The lowest BCUT2D eigenvalue weighted by atomic mass is 9.82. The van der Waals surface area contributed by atoms with Crippen LogP contribution in [0.5, 0.6) is 0 Å². The van der Waals surface area contributed by atoms with Crippen molar-refractivity contribution in [1.82, 2.24) is 0 Å². The highest BCUT2D eigenvalue weighted by molar-refractivity contribution is 4.91. The zero-order chi connectivity index (χ0) is 8.55. The minimum Gasteiger partial charge on any atom is -0.381 e. The van der Waals surface area contributed by atoms with E-state index in [4.69, 9.17) is 10.5 Å². The van der Waals surface area contributed by atoms with Crippen LogP contribution in [0.3, 0.4) is 0 Å². The van der Waals surface area contributed by atoms with Gasteiger partial charge in [0.2, 0.25) is 0 Å². The Balaban J connectivity index is 1.90. The van der Waals surface area contributed by atoms with Crippen molar-refractivity contribution in [3.8, 4) is 0 Å². The molecule has 2 heteroatoms. The summed E-state index contributed by atoms with van der Waals surface area (Å²) in [6.07, 6.45) is 3.91. The maximum atomic E-state index is 6.19. The lowest BCUT2D eigenvalue weighted by molar-refractivity contribution is 0.0132. The zero-order valence-electron chi connectivity index (χ0n) is 7.83. The second-order valence-corrected chi connectivity index (χ2v) is 4.42. The average molecular weight is 169 g/mol. The normalized spacial score (nSPS) is 39.5. The van der Waals surface area contributed by atoms with Gasteiger partial charge >= 0.3 is 0 Å². The molecule has 1 aliphatic carbocycles. The van der Waals surface area contributed by atoms with E-state index in [0.717, 1.165) is 25.0 Å². The van der Waals surface area contributed by atoms with Crippen molar-refractivity contribution < 1.29 is 4.74 Å². The van der Waals surface area contributed by atoms with Crippen LogP contribution in [0, 0.1) is 17.8 Å². The van der Waals surface area contributed by atoms with Gasteiger partial charge in [-0.2, -0.15) is 0 Å². The maximum absolute atomic E-state index is 6.19. The van der Waals surface area contributed by atoms with Gasteiger partial charge in [0.25, 0.3) is 0 Å². The van der Waals surface area contributed by atoms with E-state index in [0.29, 0.717) is 12.0 Å². The van der Waals surface area contributed by atoms with Crippen molar-refractivity contribution in [3.05, 3.63) is 0 Å². The Morgan fingerprint density at radius 3 is 2.67 bits per heavy atom. The minimum absolute atomic E-state index is 0.462. The second-order valence-electron chi connectivity index (χ2n) is 4.42. The van der Waals surface area contributed by atoms with Crippen LogP contribution < -0.4 is 5.73 Å². The molecule has 2 N–H and O–H groups in total. The lowest BCUT2D eigenvalue weighted by Gasteiger charge is -2.33. The summed E-state index contributed by atoms with van der Waals surface area (Å²) in [5.74, 6) is 2.25. The van der Waals surface area contributed by atoms with Crippen LogP contribution in [0.15, 0.2) is 0 Å². The van der Waals surface area contributed by atoms with Crippen molar-refractivity contribution in [3.63, 3.8) is 0 Å². The van der Waals surface area contributed by atoms with E-state index in [2.05, 4.69) is 6.92 Å². The summed E-state index contributed by atoms with van der Waals surface area (Å²) in [5, 5.41) is 0. The summed E-state index contributed by atoms with van der Waals surface area (Å²) in [6, 6.07) is 0.462. The molecule has 3 atom stereocenters. The van der Waals surface area contributed by atoms with E-state index >= 15 is 0 Å². The molecule has 2 nitrogen and oxygen atoms in total. The molecule has 12 heavy (non-hydrogen) atoms. The third-order valence-electron chi connectivity index (χ3n) is 3.37.